The molecule has 0 N–H and O–H groups in total. The van der Waals surface area contributed by atoms with E-state index in [9.17, 15) is 10.5 Å². The van der Waals surface area contributed by atoms with E-state index in [1.807, 2.05) is 0 Å². The van der Waals surface area contributed by atoms with Crippen LogP contribution < -0.4 is 0 Å². The molecular weight excluding hydrogens is 292 g/mol. The fourth-order valence-electron chi connectivity index (χ4n) is 5.93. The number of rotatable bonds is 0. The van der Waals surface area contributed by atoms with Gasteiger partial charge in [0.2, 0.25) is 0 Å². The van der Waals surface area contributed by atoms with Crippen LogP contribution in [0, 0.1) is 45.8 Å². The largest absolute Gasteiger partial charge is 0.193 e. The summed E-state index contributed by atoms with van der Waals surface area (Å²) in [5.74, 6) is 1.14. The summed E-state index contributed by atoms with van der Waals surface area (Å²) in [7, 11) is 0. The Morgan fingerprint density at radius 1 is 0.833 bits per heavy atom. The predicted molar refractivity (Wildman–Crippen MR) is 91.6 cm³/mol. The van der Waals surface area contributed by atoms with Crippen LogP contribution in [0.25, 0.3) is 0 Å². The zero-order chi connectivity index (χ0) is 16.3. The number of nitriles is 2. The van der Waals surface area contributed by atoms with Gasteiger partial charge in [-0.15, -0.1) is 0 Å². The lowest BCUT2D eigenvalue weighted by Gasteiger charge is -2.19. The molecular formula is C22H20N2. The third-order valence-corrected chi connectivity index (χ3v) is 6.92. The van der Waals surface area contributed by atoms with Gasteiger partial charge in [-0.25, -0.2) is 0 Å². The van der Waals surface area contributed by atoms with Crippen LogP contribution in [0.2, 0.25) is 0 Å². The molecule has 118 valence electrons. The van der Waals surface area contributed by atoms with Crippen LogP contribution in [0.5, 0.6) is 0 Å². The molecule has 4 unspecified atom stereocenters. The molecule has 2 heteroatoms. The Balaban J connectivity index is 1.51. The van der Waals surface area contributed by atoms with Gasteiger partial charge < -0.3 is 0 Å². The van der Waals surface area contributed by atoms with Crippen LogP contribution in [0.15, 0.2) is 47.1 Å². The molecule has 1 saturated carbocycles. The van der Waals surface area contributed by atoms with Gasteiger partial charge in [0, 0.05) is 17.4 Å². The monoisotopic (exact) mass is 312 g/mol. The Morgan fingerprint density at radius 2 is 1.50 bits per heavy atom. The first-order valence-electron chi connectivity index (χ1n) is 9.12. The van der Waals surface area contributed by atoms with Gasteiger partial charge in [0.15, 0.2) is 0 Å². The molecule has 0 saturated heterocycles. The number of benzene rings is 1. The van der Waals surface area contributed by atoms with Gasteiger partial charge in [0.25, 0.3) is 0 Å². The normalized spacial score (nSPS) is 35.9. The van der Waals surface area contributed by atoms with Crippen LogP contribution in [0.1, 0.15) is 36.8 Å². The molecule has 0 amide bonds. The second kappa shape index (κ2) is 4.84. The van der Waals surface area contributed by atoms with E-state index in [1.165, 1.54) is 23.1 Å². The van der Waals surface area contributed by atoms with E-state index in [0.717, 1.165) is 43.3 Å². The maximum atomic E-state index is 9.60. The van der Waals surface area contributed by atoms with Crippen molar-refractivity contribution < 1.29 is 0 Å². The molecule has 1 aromatic rings. The minimum atomic E-state index is 0.193. The van der Waals surface area contributed by atoms with Crippen molar-refractivity contribution in [1.29, 1.82) is 10.5 Å². The average Bonchev–Trinajstić information content (AvgIpc) is 3.09. The van der Waals surface area contributed by atoms with E-state index in [4.69, 9.17) is 0 Å². The van der Waals surface area contributed by atoms with E-state index >= 15 is 0 Å². The third kappa shape index (κ3) is 1.64. The van der Waals surface area contributed by atoms with Crippen LogP contribution in [0.4, 0.5) is 0 Å². The number of allylic oxidation sites excluding steroid dienone is 4. The van der Waals surface area contributed by atoms with Gasteiger partial charge in [-0.3, -0.25) is 0 Å². The lowest BCUT2D eigenvalue weighted by molar-refractivity contribution is 0.370. The van der Waals surface area contributed by atoms with E-state index in [1.54, 1.807) is 0 Å². The van der Waals surface area contributed by atoms with Crippen molar-refractivity contribution in [2.24, 2.45) is 23.2 Å². The second-order valence-electron chi connectivity index (χ2n) is 7.86. The van der Waals surface area contributed by atoms with Crippen molar-refractivity contribution in [1.82, 2.24) is 0 Å². The van der Waals surface area contributed by atoms with Gasteiger partial charge in [-0.1, -0.05) is 35.9 Å². The summed E-state index contributed by atoms with van der Waals surface area (Å²) < 4.78 is 0. The Morgan fingerprint density at radius 3 is 2.17 bits per heavy atom. The Kier molecular flexibility index (Phi) is 2.84. The van der Waals surface area contributed by atoms with E-state index in [2.05, 4.69) is 42.5 Å². The van der Waals surface area contributed by atoms with Crippen molar-refractivity contribution in [2.75, 3.05) is 0 Å². The number of nitrogens with zero attached hydrogens (tertiary/aromatic N) is 2. The molecule has 1 fully saturated rings. The van der Waals surface area contributed by atoms with Gasteiger partial charge in [-0.05, 0) is 61.0 Å². The summed E-state index contributed by atoms with van der Waals surface area (Å²) in [6, 6.07) is 13.9. The quantitative estimate of drug-likeness (QED) is 0.663. The maximum absolute atomic E-state index is 9.60. The lowest BCUT2D eigenvalue weighted by Crippen LogP contribution is -2.13. The molecule has 5 aliphatic carbocycles. The van der Waals surface area contributed by atoms with Gasteiger partial charge in [0.05, 0.1) is 17.7 Å². The van der Waals surface area contributed by atoms with Crippen molar-refractivity contribution in [3.63, 3.8) is 0 Å². The predicted octanol–water partition coefficient (Wildman–Crippen LogP) is 4.49. The van der Waals surface area contributed by atoms with Gasteiger partial charge in [-0.2, -0.15) is 10.5 Å². The summed E-state index contributed by atoms with van der Waals surface area (Å²) >= 11 is 0. The molecule has 0 radical (unpaired) electrons. The summed E-state index contributed by atoms with van der Waals surface area (Å²) in [6.07, 6.45) is 9.19. The second-order valence-corrected chi connectivity index (χ2v) is 7.86. The average molecular weight is 312 g/mol. The molecule has 2 nitrogen and oxygen atoms in total. The smallest absolute Gasteiger partial charge is 0.0964 e. The third-order valence-electron chi connectivity index (χ3n) is 6.92. The SMILES string of the molecule is N#CC1=C(C#N)C2C3C4=CC1C32CCCc1ccc(cc1)CCC4. The molecule has 6 rings (SSSR count). The molecule has 5 aliphatic rings. The highest BCUT2D eigenvalue weighted by molar-refractivity contribution is 5.61. The van der Waals surface area contributed by atoms with Crippen molar-refractivity contribution >= 4 is 0 Å². The van der Waals surface area contributed by atoms with Gasteiger partial charge >= 0.3 is 0 Å². The van der Waals surface area contributed by atoms with Gasteiger partial charge in [0.1, 0.15) is 0 Å². The minimum Gasteiger partial charge on any atom is -0.193 e. The molecule has 0 heterocycles. The van der Waals surface area contributed by atoms with Crippen LogP contribution in [-0.2, 0) is 12.8 Å². The molecule has 24 heavy (non-hydrogen) atoms. The standard InChI is InChI=1S/C22H20N2/c23-12-17-18(13-24)21-20-16-5-1-3-14-6-8-15(9-7-14)4-2-10-22(20,21)19(17)11-16/h6-9,11,19-21H,1-5,10H2. The first kappa shape index (κ1) is 14.1. The highest BCUT2D eigenvalue weighted by Gasteiger charge is 2.76. The van der Waals surface area contributed by atoms with Crippen molar-refractivity contribution in [2.45, 2.75) is 38.5 Å². The first-order valence-corrected chi connectivity index (χ1v) is 9.12. The highest BCUT2D eigenvalue weighted by Crippen LogP contribution is 2.80. The Hall–Kier alpha value is -2.32. The molecule has 0 aromatic heterocycles. The Bertz CT molecular complexity index is 859. The fourth-order valence-corrected chi connectivity index (χ4v) is 5.93. The number of hydrogen-bond acceptors (Lipinski definition) is 2. The van der Waals surface area contributed by atoms with Crippen molar-refractivity contribution in [3.05, 3.63) is 58.2 Å². The first-order chi connectivity index (χ1) is 11.8. The fraction of sp³-hybridized carbons (Fsp3) is 0.455. The molecule has 1 spiro atoms. The summed E-state index contributed by atoms with van der Waals surface area (Å²) in [6.45, 7) is 0. The lowest BCUT2D eigenvalue weighted by atomic mass is 9.83. The van der Waals surface area contributed by atoms with Crippen molar-refractivity contribution in [3.8, 4) is 12.1 Å². The Labute approximate surface area is 143 Å². The molecule has 0 aliphatic heterocycles. The molecule has 4 atom stereocenters. The van der Waals surface area contributed by atoms with E-state index in [0.29, 0.717) is 11.8 Å². The number of fused-ring (bicyclic) bond motifs is 6. The number of hydrogen-bond donors (Lipinski definition) is 0. The van der Waals surface area contributed by atoms with Crippen LogP contribution in [-0.4, -0.2) is 0 Å². The van der Waals surface area contributed by atoms with E-state index in [-0.39, 0.29) is 11.3 Å². The topological polar surface area (TPSA) is 47.6 Å². The van der Waals surface area contributed by atoms with Crippen LogP contribution in [0.3, 0.4) is 0 Å². The zero-order valence-corrected chi connectivity index (χ0v) is 13.8. The minimum absolute atomic E-state index is 0.193. The van der Waals surface area contributed by atoms with Crippen LogP contribution >= 0.6 is 0 Å². The summed E-state index contributed by atoms with van der Waals surface area (Å²) in [5, 5.41) is 19.2. The summed E-state index contributed by atoms with van der Waals surface area (Å²) in [4.78, 5) is 0. The molecule has 1 aromatic carbocycles. The summed E-state index contributed by atoms with van der Waals surface area (Å²) in [5.41, 5.74) is 6.17. The maximum Gasteiger partial charge on any atom is 0.0964 e. The van der Waals surface area contributed by atoms with E-state index < -0.39 is 0 Å². The molecule has 4 bridgehead atoms. The zero-order valence-electron chi connectivity index (χ0n) is 13.8. The highest BCUT2D eigenvalue weighted by atomic mass is 14.8. The number of aryl methyl sites for hydroxylation is 2.